The molecule has 1 aromatic rings. The minimum Gasteiger partial charge on any atom is -0.315 e. The summed E-state index contributed by atoms with van der Waals surface area (Å²) < 4.78 is 2.16. The summed E-state index contributed by atoms with van der Waals surface area (Å²) in [6.45, 7) is 13.4. The van der Waals surface area contributed by atoms with Crippen molar-refractivity contribution in [2.45, 2.75) is 32.5 Å². The maximum atomic E-state index is 4.20. The van der Waals surface area contributed by atoms with Crippen molar-refractivity contribution in [2.75, 3.05) is 39.3 Å². The van der Waals surface area contributed by atoms with E-state index in [-0.39, 0.29) is 5.54 Å². The lowest BCUT2D eigenvalue weighted by atomic mass is 10.0. The van der Waals surface area contributed by atoms with E-state index in [4.69, 9.17) is 0 Å². The van der Waals surface area contributed by atoms with Crippen LogP contribution in [-0.4, -0.2) is 69.4 Å². The Morgan fingerprint density at radius 3 is 2.79 bits per heavy atom. The molecule has 19 heavy (non-hydrogen) atoms. The first-order valence-electron chi connectivity index (χ1n) is 7.20. The Morgan fingerprint density at radius 1 is 1.21 bits per heavy atom. The van der Waals surface area contributed by atoms with Gasteiger partial charge in [0.1, 0.15) is 12.2 Å². The lowest BCUT2D eigenvalue weighted by Gasteiger charge is -2.44. The number of hydrogen-bond acceptors (Lipinski definition) is 5. The number of nitrogens with one attached hydrogen (secondary N) is 1. The minimum absolute atomic E-state index is 0.226. The summed E-state index contributed by atoms with van der Waals surface area (Å²) in [6, 6.07) is 0. The standard InChI is InChI=1S/C13H24N6/c1-13(2,19-5-3-14-4-6-19)10-17-7-8-18-11-15-16-12(18)9-17/h11,14H,3-10H2,1-2H3. The van der Waals surface area contributed by atoms with E-state index >= 15 is 0 Å². The van der Waals surface area contributed by atoms with Crippen LogP contribution < -0.4 is 5.32 Å². The van der Waals surface area contributed by atoms with E-state index in [2.05, 4.69) is 43.7 Å². The van der Waals surface area contributed by atoms with Crippen molar-refractivity contribution in [3.05, 3.63) is 12.2 Å². The molecule has 3 heterocycles. The number of fused-ring (bicyclic) bond motifs is 1. The van der Waals surface area contributed by atoms with E-state index in [1.54, 1.807) is 0 Å². The maximum absolute atomic E-state index is 4.20. The zero-order valence-electron chi connectivity index (χ0n) is 12.0. The smallest absolute Gasteiger partial charge is 0.147 e. The molecule has 1 aromatic heterocycles. The number of nitrogens with zero attached hydrogens (tertiary/aromatic N) is 5. The van der Waals surface area contributed by atoms with Crippen LogP contribution in [-0.2, 0) is 13.1 Å². The molecule has 106 valence electrons. The molecule has 1 fully saturated rings. The van der Waals surface area contributed by atoms with Crippen molar-refractivity contribution in [3.63, 3.8) is 0 Å². The highest BCUT2D eigenvalue weighted by Gasteiger charge is 2.31. The van der Waals surface area contributed by atoms with Crippen molar-refractivity contribution in [1.29, 1.82) is 0 Å². The zero-order valence-corrected chi connectivity index (χ0v) is 12.0. The summed E-state index contributed by atoms with van der Waals surface area (Å²) >= 11 is 0. The molecule has 0 aromatic carbocycles. The van der Waals surface area contributed by atoms with Crippen molar-refractivity contribution in [2.24, 2.45) is 0 Å². The Morgan fingerprint density at radius 2 is 2.00 bits per heavy atom. The van der Waals surface area contributed by atoms with Crippen LogP contribution in [0.15, 0.2) is 6.33 Å². The van der Waals surface area contributed by atoms with Crippen LogP contribution in [0.2, 0.25) is 0 Å². The van der Waals surface area contributed by atoms with Crippen LogP contribution in [0, 0.1) is 0 Å². The Hall–Kier alpha value is -0.980. The average molecular weight is 264 g/mol. The first-order chi connectivity index (χ1) is 9.15. The largest absolute Gasteiger partial charge is 0.315 e. The van der Waals surface area contributed by atoms with Gasteiger partial charge in [-0.15, -0.1) is 10.2 Å². The van der Waals surface area contributed by atoms with Crippen LogP contribution in [0.25, 0.3) is 0 Å². The number of aromatic nitrogens is 3. The van der Waals surface area contributed by atoms with Gasteiger partial charge >= 0.3 is 0 Å². The summed E-state index contributed by atoms with van der Waals surface area (Å²) in [5, 5.41) is 11.6. The molecule has 0 atom stereocenters. The molecule has 0 amide bonds. The van der Waals surface area contributed by atoms with Crippen molar-refractivity contribution in [3.8, 4) is 0 Å². The van der Waals surface area contributed by atoms with Crippen LogP contribution in [0.1, 0.15) is 19.7 Å². The third-order valence-electron chi connectivity index (χ3n) is 4.30. The first kappa shape index (κ1) is 13.0. The summed E-state index contributed by atoms with van der Waals surface area (Å²) in [7, 11) is 0. The zero-order chi connectivity index (χ0) is 13.3. The van der Waals surface area contributed by atoms with Crippen molar-refractivity contribution >= 4 is 0 Å². The molecule has 0 radical (unpaired) electrons. The van der Waals surface area contributed by atoms with Crippen LogP contribution in [0.5, 0.6) is 0 Å². The fourth-order valence-corrected chi connectivity index (χ4v) is 3.17. The monoisotopic (exact) mass is 264 g/mol. The Bertz CT molecular complexity index is 421. The van der Waals surface area contributed by atoms with Gasteiger partial charge in [0.2, 0.25) is 0 Å². The summed E-state index contributed by atoms with van der Waals surface area (Å²) in [5.41, 5.74) is 0.226. The van der Waals surface area contributed by atoms with Gasteiger partial charge < -0.3 is 9.88 Å². The van der Waals surface area contributed by atoms with Gasteiger partial charge in [-0.3, -0.25) is 9.80 Å². The second-order valence-electron chi connectivity index (χ2n) is 6.20. The number of hydrogen-bond donors (Lipinski definition) is 1. The SMILES string of the molecule is CC(C)(CN1CCn2cnnc2C1)N1CCNCC1. The van der Waals surface area contributed by atoms with Gasteiger partial charge in [-0.1, -0.05) is 0 Å². The molecule has 3 rings (SSSR count). The third-order valence-corrected chi connectivity index (χ3v) is 4.30. The molecule has 0 spiro atoms. The highest BCUT2D eigenvalue weighted by atomic mass is 15.3. The second kappa shape index (κ2) is 5.19. The fourth-order valence-electron chi connectivity index (χ4n) is 3.17. The third kappa shape index (κ3) is 2.80. The maximum Gasteiger partial charge on any atom is 0.147 e. The molecule has 0 bridgehead atoms. The highest BCUT2D eigenvalue weighted by molar-refractivity contribution is 4.94. The van der Waals surface area contributed by atoms with E-state index in [0.29, 0.717) is 0 Å². The summed E-state index contributed by atoms with van der Waals surface area (Å²) in [5.74, 6) is 1.10. The van der Waals surface area contributed by atoms with Crippen LogP contribution in [0.3, 0.4) is 0 Å². The van der Waals surface area contributed by atoms with Gasteiger partial charge in [-0.2, -0.15) is 0 Å². The molecule has 2 aliphatic rings. The topological polar surface area (TPSA) is 49.2 Å². The van der Waals surface area contributed by atoms with E-state index in [0.717, 1.165) is 58.2 Å². The van der Waals surface area contributed by atoms with Gasteiger partial charge in [0, 0.05) is 51.4 Å². The predicted molar refractivity (Wildman–Crippen MR) is 73.8 cm³/mol. The molecule has 1 N–H and O–H groups in total. The van der Waals surface area contributed by atoms with Gasteiger partial charge in [0.05, 0.1) is 6.54 Å². The van der Waals surface area contributed by atoms with Gasteiger partial charge in [0.25, 0.3) is 0 Å². The van der Waals surface area contributed by atoms with E-state index in [9.17, 15) is 0 Å². The minimum atomic E-state index is 0.226. The van der Waals surface area contributed by atoms with E-state index in [1.165, 1.54) is 0 Å². The molecule has 2 aliphatic heterocycles. The van der Waals surface area contributed by atoms with Crippen molar-refractivity contribution in [1.82, 2.24) is 29.9 Å². The van der Waals surface area contributed by atoms with Gasteiger partial charge in [-0.05, 0) is 13.8 Å². The van der Waals surface area contributed by atoms with E-state index < -0.39 is 0 Å². The number of piperazine rings is 1. The number of rotatable bonds is 3. The lowest BCUT2D eigenvalue weighted by Crippen LogP contribution is -2.58. The fraction of sp³-hybridized carbons (Fsp3) is 0.846. The van der Waals surface area contributed by atoms with Gasteiger partial charge in [0.15, 0.2) is 0 Å². The van der Waals surface area contributed by atoms with Gasteiger partial charge in [-0.25, -0.2) is 0 Å². The summed E-state index contributed by atoms with van der Waals surface area (Å²) in [6.07, 6.45) is 1.84. The second-order valence-corrected chi connectivity index (χ2v) is 6.20. The van der Waals surface area contributed by atoms with Crippen molar-refractivity contribution < 1.29 is 0 Å². The molecule has 0 unspecified atom stereocenters. The lowest BCUT2D eigenvalue weighted by molar-refractivity contribution is 0.0531. The molecular formula is C13H24N6. The highest BCUT2D eigenvalue weighted by Crippen LogP contribution is 2.19. The average Bonchev–Trinajstić information content (AvgIpc) is 2.87. The van der Waals surface area contributed by atoms with Crippen LogP contribution in [0.4, 0.5) is 0 Å². The molecule has 1 saturated heterocycles. The molecule has 0 saturated carbocycles. The first-order valence-corrected chi connectivity index (χ1v) is 7.20. The molecular weight excluding hydrogens is 240 g/mol. The molecule has 0 aliphatic carbocycles. The molecule has 6 nitrogen and oxygen atoms in total. The Kier molecular flexibility index (Phi) is 3.56. The Labute approximate surface area is 114 Å². The summed E-state index contributed by atoms with van der Waals surface area (Å²) in [4.78, 5) is 5.11. The molecule has 6 heteroatoms. The normalized spacial score (nSPS) is 22.4. The van der Waals surface area contributed by atoms with E-state index in [1.807, 2.05) is 6.33 Å². The van der Waals surface area contributed by atoms with Crippen LogP contribution >= 0.6 is 0 Å². The predicted octanol–water partition coefficient (Wildman–Crippen LogP) is -0.222. The Balaban J connectivity index is 1.61. The quantitative estimate of drug-likeness (QED) is 0.818.